The maximum atomic E-state index is 10.4. The molecule has 92 valence electrons. The average Bonchev–Trinajstić information content (AvgIpc) is 2.83. The molecule has 0 spiro atoms. The van der Waals surface area contributed by atoms with E-state index in [0.29, 0.717) is 11.5 Å². The Morgan fingerprint density at radius 1 is 1.06 bits per heavy atom. The van der Waals surface area contributed by atoms with Crippen molar-refractivity contribution in [2.24, 2.45) is 11.8 Å². The average molecular weight is 240 g/mol. The SMILES string of the molecule is O=C(O)COC1=C(OCC(=O)O)C2C=CC1C2. The first-order valence-electron chi connectivity index (χ1n) is 5.19. The van der Waals surface area contributed by atoms with Crippen LogP contribution in [0.5, 0.6) is 0 Å². The second kappa shape index (κ2) is 4.48. The van der Waals surface area contributed by atoms with Crippen LogP contribution < -0.4 is 0 Å². The monoisotopic (exact) mass is 240 g/mol. The minimum absolute atomic E-state index is 0.0168. The summed E-state index contributed by atoms with van der Waals surface area (Å²) in [6.07, 6.45) is 4.62. The molecule has 2 N–H and O–H groups in total. The molecule has 6 heteroatoms. The van der Waals surface area contributed by atoms with Crippen molar-refractivity contribution in [3.8, 4) is 0 Å². The number of allylic oxidation sites excluding steroid dienone is 2. The van der Waals surface area contributed by atoms with Gasteiger partial charge in [0.25, 0.3) is 0 Å². The Morgan fingerprint density at radius 2 is 1.47 bits per heavy atom. The van der Waals surface area contributed by atoms with Gasteiger partial charge in [-0.3, -0.25) is 0 Å². The number of carbonyl (C=O) groups is 2. The Morgan fingerprint density at radius 3 is 1.82 bits per heavy atom. The van der Waals surface area contributed by atoms with E-state index in [1.807, 2.05) is 12.2 Å². The first-order valence-corrected chi connectivity index (χ1v) is 5.19. The van der Waals surface area contributed by atoms with Gasteiger partial charge < -0.3 is 19.7 Å². The van der Waals surface area contributed by atoms with Gasteiger partial charge in [0.05, 0.1) is 0 Å². The van der Waals surface area contributed by atoms with Crippen LogP contribution in [0.4, 0.5) is 0 Å². The maximum Gasteiger partial charge on any atom is 0.341 e. The number of carboxylic acid groups (broad SMARTS) is 2. The van der Waals surface area contributed by atoms with E-state index in [2.05, 4.69) is 0 Å². The quantitative estimate of drug-likeness (QED) is 0.660. The normalized spacial score (nSPS) is 25.2. The van der Waals surface area contributed by atoms with Gasteiger partial charge in [-0.25, -0.2) is 9.59 Å². The van der Waals surface area contributed by atoms with Crippen molar-refractivity contribution in [3.63, 3.8) is 0 Å². The van der Waals surface area contributed by atoms with Gasteiger partial charge in [0.15, 0.2) is 13.2 Å². The highest BCUT2D eigenvalue weighted by atomic mass is 16.5. The lowest BCUT2D eigenvalue weighted by atomic mass is 10.1. The number of rotatable bonds is 6. The van der Waals surface area contributed by atoms with Crippen molar-refractivity contribution in [2.75, 3.05) is 13.2 Å². The van der Waals surface area contributed by atoms with E-state index in [0.717, 1.165) is 6.42 Å². The molecule has 2 aliphatic rings. The zero-order valence-electron chi connectivity index (χ0n) is 8.96. The molecule has 0 saturated carbocycles. The van der Waals surface area contributed by atoms with Crippen LogP contribution in [-0.2, 0) is 19.1 Å². The fourth-order valence-electron chi connectivity index (χ4n) is 2.09. The summed E-state index contributed by atoms with van der Waals surface area (Å²) in [5.74, 6) is -1.18. The largest absolute Gasteiger partial charge is 0.482 e. The predicted octanol–water partition coefficient (Wildman–Crippen LogP) is 0.606. The number of hydrogen-bond donors (Lipinski definition) is 2. The molecule has 0 heterocycles. The van der Waals surface area contributed by atoms with E-state index in [-0.39, 0.29) is 11.8 Å². The van der Waals surface area contributed by atoms with Gasteiger partial charge >= 0.3 is 11.9 Å². The van der Waals surface area contributed by atoms with E-state index >= 15 is 0 Å². The van der Waals surface area contributed by atoms with Crippen LogP contribution in [0.1, 0.15) is 6.42 Å². The van der Waals surface area contributed by atoms with E-state index in [1.165, 1.54) is 0 Å². The smallest absolute Gasteiger partial charge is 0.341 e. The maximum absolute atomic E-state index is 10.4. The Balaban J connectivity index is 2.05. The van der Waals surface area contributed by atoms with Gasteiger partial charge in [0.1, 0.15) is 11.5 Å². The summed E-state index contributed by atoms with van der Waals surface area (Å²) < 4.78 is 10.3. The molecule has 17 heavy (non-hydrogen) atoms. The fraction of sp³-hybridized carbons (Fsp3) is 0.455. The molecule has 0 saturated heterocycles. The molecule has 0 radical (unpaired) electrons. The molecule has 6 nitrogen and oxygen atoms in total. The molecule has 2 atom stereocenters. The van der Waals surface area contributed by atoms with Crippen molar-refractivity contribution in [1.82, 2.24) is 0 Å². The summed E-state index contributed by atoms with van der Waals surface area (Å²) in [5, 5.41) is 17.1. The molecule has 0 aromatic heterocycles. The molecule has 0 aromatic carbocycles. The Bertz CT molecular complexity index is 372. The molecule has 0 fully saturated rings. The summed E-state index contributed by atoms with van der Waals surface area (Å²) in [4.78, 5) is 20.9. The van der Waals surface area contributed by atoms with Gasteiger partial charge in [-0.1, -0.05) is 12.2 Å². The summed E-state index contributed by atoms with van der Waals surface area (Å²) in [7, 11) is 0. The lowest BCUT2D eigenvalue weighted by molar-refractivity contribution is -0.142. The van der Waals surface area contributed by atoms with Crippen molar-refractivity contribution in [2.45, 2.75) is 6.42 Å². The molecule has 2 aliphatic carbocycles. The van der Waals surface area contributed by atoms with Crippen LogP contribution in [0.2, 0.25) is 0 Å². The zero-order valence-corrected chi connectivity index (χ0v) is 8.96. The lowest BCUT2D eigenvalue weighted by Gasteiger charge is -2.16. The number of fused-ring (bicyclic) bond motifs is 2. The van der Waals surface area contributed by atoms with Crippen LogP contribution in [0, 0.1) is 11.8 Å². The summed E-state index contributed by atoms with van der Waals surface area (Å²) >= 11 is 0. The third kappa shape index (κ3) is 2.41. The topological polar surface area (TPSA) is 93.1 Å². The highest BCUT2D eigenvalue weighted by Gasteiger charge is 2.38. The van der Waals surface area contributed by atoms with Crippen molar-refractivity contribution >= 4 is 11.9 Å². The molecule has 0 amide bonds. The Labute approximate surface area is 97.1 Å². The van der Waals surface area contributed by atoms with E-state index in [4.69, 9.17) is 19.7 Å². The van der Waals surface area contributed by atoms with Gasteiger partial charge in [0, 0.05) is 11.8 Å². The molecule has 2 unspecified atom stereocenters. The van der Waals surface area contributed by atoms with Gasteiger partial charge in [0.2, 0.25) is 0 Å². The molecular formula is C11H12O6. The van der Waals surface area contributed by atoms with Crippen LogP contribution in [-0.4, -0.2) is 35.4 Å². The van der Waals surface area contributed by atoms with Crippen LogP contribution in [0.25, 0.3) is 0 Å². The minimum atomic E-state index is -1.07. The van der Waals surface area contributed by atoms with Crippen LogP contribution in [0.15, 0.2) is 23.7 Å². The summed E-state index contributed by atoms with van der Waals surface area (Å²) in [6, 6.07) is 0. The van der Waals surface area contributed by atoms with E-state index in [9.17, 15) is 9.59 Å². The summed E-state index contributed by atoms with van der Waals surface area (Å²) in [5.41, 5.74) is 0. The molecule has 0 aliphatic heterocycles. The molecule has 2 bridgehead atoms. The lowest BCUT2D eigenvalue weighted by Crippen LogP contribution is -2.14. The van der Waals surface area contributed by atoms with E-state index in [1.54, 1.807) is 0 Å². The minimum Gasteiger partial charge on any atom is -0.482 e. The van der Waals surface area contributed by atoms with E-state index < -0.39 is 25.2 Å². The summed E-state index contributed by atoms with van der Waals surface area (Å²) in [6.45, 7) is -0.876. The standard InChI is InChI=1S/C11H12O6/c12-8(13)4-16-10-6-1-2-7(3-6)11(10)17-5-9(14)15/h1-2,6-7H,3-5H2,(H,12,13)(H,14,15). The van der Waals surface area contributed by atoms with Crippen LogP contribution in [0.3, 0.4) is 0 Å². The van der Waals surface area contributed by atoms with Gasteiger partial charge in [-0.15, -0.1) is 0 Å². The zero-order chi connectivity index (χ0) is 12.4. The molecule has 2 rings (SSSR count). The van der Waals surface area contributed by atoms with Crippen molar-refractivity contribution < 1.29 is 29.3 Å². The van der Waals surface area contributed by atoms with Gasteiger partial charge in [-0.05, 0) is 6.42 Å². The highest BCUT2D eigenvalue weighted by molar-refractivity contribution is 5.68. The highest BCUT2D eigenvalue weighted by Crippen LogP contribution is 2.44. The molecule has 0 aromatic rings. The Kier molecular flexibility index (Phi) is 3.03. The third-order valence-electron chi connectivity index (χ3n) is 2.70. The number of hydrogen-bond acceptors (Lipinski definition) is 4. The number of ether oxygens (including phenoxy) is 2. The second-order valence-electron chi connectivity index (χ2n) is 3.93. The predicted molar refractivity (Wildman–Crippen MR) is 54.9 cm³/mol. The van der Waals surface area contributed by atoms with Gasteiger partial charge in [-0.2, -0.15) is 0 Å². The van der Waals surface area contributed by atoms with Crippen molar-refractivity contribution in [1.29, 1.82) is 0 Å². The first-order chi connectivity index (χ1) is 8.08. The van der Waals surface area contributed by atoms with Crippen molar-refractivity contribution in [3.05, 3.63) is 23.7 Å². The second-order valence-corrected chi connectivity index (χ2v) is 3.93. The first kappa shape index (κ1) is 11.5. The fourth-order valence-corrected chi connectivity index (χ4v) is 2.09. The number of aliphatic carboxylic acids is 2. The molecular weight excluding hydrogens is 228 g/mol. The third-order valence-corrected chi connectivity index (χ3v) is 2.70. The Hall–Kier alpha value is -1.98. The number of carboxylic acids is 2. The van der Waals surface area contributed by atoms with Crippen LogP contribution >= 0.6 is 0 Å².